The van der Waals surface area contributed by atoms with Crippen LogP contribution >= 0.6 is 0 Å². The lowest BCUT2D eigenvalue weighted by molar-refractivity contribution is -0.140. The van der Waals surface area contributed by atoms with Crippen LogP contribution < -0.4 is 5.32 Å². The van der Waals surface area contributed by atoms with E-state index in [-0.39, 0.29) is 5.97 Å². The van der Waals surface area contributed by atoms with Crippen LogP contribution in [0.5, 0.6) is 0 Å². The molecule has 4 heteroatoms. The van der Waals surface area contributed by atoms with Crippen molar-refractivity contribution >= 4 is 5.97 Å². The van der Waals surface area contributed by atoms with E-state index in [4.69, 9.17) is 5.26 Å². The molecule has 0 aromatic heterocycles. The lowest BCUT2D eigenvalue weighted by Gasteiger charge is -2.16. The SMILES string of the molecule is COC(=O)CCCCCCCCCNC(C)(C)C#N. The first kappa shape index (κ1) is 17.9. The summed E-state index contributed by atoms with van der Waals surface area (Å²) >= 11 is 0. The number of unbranched alkanes of at least 4 members (excludes halogenated alkanes) is 6. The minimum absolute atomic E-state index is 0.105. The normalized spacial score (nSPS) is 11.1. The average molecular weight is 268 g/mol. The number of ether oxygens (including phenoxy) is 1. The van der Waals surface area contributed by atoms with Gasteiger partial charge >= 0.3 is 5.97 Å². The van der Waals surface area contributed by atoms with Crippen molar-refractivity contribution in [3.8, 4) is 6.07 Å². The Morgan fingerprint density at radius 2 is 1.63 bits per heavy atom. The maximum atomic E-state index is 10.9. The highest BCUT2D eigenvalue weighted by molar-refractivity contribution is 5.68. The van der Waals surface area contributed by atoms with Gasteiger partial charge in [0, 0.05) is 6.42 Å². The van der Waals surface area contributed by atoms with E-state index >= 15 is 0 Å². The molecule has 0 saturated carbocycles. The fraction of sp³-hybridized carbons (Fsp3) is 0.867. The molecule has 0 bridgehead atoms. The molecule has 0 spiro atoms. The zero-order valence-electron chi connectivity index (χ0n) is 12.6. The molecule has 0 atom stereocenters. The molecule has 0 amide bonds. The summed E-state index contributed by atoms with van der Waals surface area (Å²) in [5, 5.41) is 12.1. The number of carbonyl (C=O) groups excluding carboxylic acids is 1. The highest BCUT2D eigenvalue weighted by Gasteiger charge is 2.13. The van der Waals surface area contributed by atoms with E-state index in [9.17, 15) is 4.79 Å². The molecule has 0 saturated heterocycles. The minimum Gasteiger partial charge on any atom is -0.469 e. The molecule has 4 nitrogen and oxygen atoms in total. The molecule has 0 aliphatic carbocycles. The molecule has 1 N–H and O–H groups in total. The first-order chi connectivity index (χ1) is 9.02. The molecule has 0 aromatic rings. The lowest BCUT2D eigenvalue weighted by Crippen LogP contribution is -2.38. The van der Waals surface area contributed by atoms with Gasteiger partial charge in [0.15, 0.2) is 0 Å². The molecule has 0 radical (unpaired) electrons. The second-order valence-corrected chi connectivity index (χ2v) is 5.46. The van der Waals surface area contributed by atoms with Crippen LogP contribution in [-0.4, -0.2) is 25.2 Å². The topological polar surface area (TPSA) is 62.1 Å². The largest absolute Gasteiger partial charge is 0.469 e. The zero-order chi connectivity index (χ0) is 14.6. The lowest BCUT2D eigenvalue weighted by atomic mass is 10.1. The number of methoxy groups -OCH3 is 1. The van der Waals surface area contributed by atoms with E-state index in [1.165, 1.54) is 32.8 Å². The van der Waals surface area contributed by atoms with Crippen molar-refractivity contribution in [1.82, 2.24) is 5.32 Å². The number of rotatable bonds is 11. The Labute approximate surface area is 117 Å². The zero-order valence-corrected chi connectivity index (χ0v) is 12.6. The van der Waals surface area contributed by atoms with E-state index in [1.54, 1.807) is 0 Å². The first-order valence-corrected chi connectivity index (χ1v) is 7.25. The van der Waals surface area contributed by atoms with Crippen molar-refractivity contribution in [2.75, 3.05) is 13.7 Å². The van der Waals surface area contributed by atoms with Crippen LogP contribution in [0, 0.1) is 11.3 Å². The summed E-state index contributed by atoms with van der Waals surface area (Å²) in [6.07, 6.45) is 8.55. The number of esters is 1. The van der Waals surface area contributed by atoms with Gasteiger partial charge < -0.3 is 4.74 Å². The molecule has 0 unspecified atom stereocenters. The van der Waals surface area contributed by atoms with E-state index < -0.39 is 5.54 Å². The van der Waals surface area contributed by atoms with Crippen LogP contribution in [0.1, 0.15) is 65.2 Å². The smallest absolute Gasteiger partial charge is 0.305 e. The van der Waals surface area contributed by atoms with Gasteiger partial charge in [0.1, 0.15) is 5.54 Å². The summed E-state index contributed by atoms with van der Waals surface area (Å²) in [5.41, 5.74) is -0.409. The van der Waals surface area contributed by atoms with Crippen molar-refractivity contribution in [3.63, 3.8) is 0 Å². The maximum Gasteiger partial charge on any atom is 0.305 e. The highest BCUT2D eigenvalue weighted by atomic mass is 16.5. The molecule has 19 heavy (non-hydrogen) atoms. The van der Waals surface area contributed by atoms with Crippen LogP contribution in [-0.2, 0) is 9.53 Å². The summed E-state index contributed by atoms with van der Waals surface area (Å²) < 4.78 is 4.59. The Morgan fingerprint density at radius 1 is 1.11 bits per heavy atom. The molecule has 0 aliphatic rings. The van der Waals surface area contributed by atoms with Gasteiger partial charge in [-0.2, -0.15) is 5.26 Å². The quantitative estimate of drug-likeness (QED) is 0.462. The predicted octanol–water partition coefficient (Wildman–Crippen LogP) is 3.17. The third-order valence-corrected chi connectivity index (χ3v) is 3.13. The fourth-order valence-electron chi connectivity index (χ4n) is 1.82. The van der Waals surface area contributed by atoms with Crippen molar-refractivity contribution in [2.45, 2.75) is 70.8 Å². The van der Waals surface area contributed by atoms with Gasteiger partial charge in [0.2, 0.25) is 0 Å². The molecule has 0 rings (SSSR count). The van der Waals surface area contributed by atoms with Crippen LogP contribution in [0.2, 0.25) is 0 Å². The van der Waals surface area contributed by atoms with Crippen LogP contribution in [0.15, 0.2) is 0 Å². The van der Waals surface area contributed by atoms with Crippen molar-refractivity contribution in [2.24, 2.45) is 0 Å². The molecular weight excluding hydrogens is 240 g/mol. The Bertz CT molecular complexity index is 282. The second-order valence-electron chi connectivity index (χ2n) is 5.46. The van der Waals surface area contributed by atoms with Gasteiger partial charge in [0.25, 0.3) is 0 Å². The summed E-state index contributed by atoms with van der Waals surface area (Å²) in [4.78, 5) is 10.9. The molecule has 0 aromatic carbocycles. The average Bonchev–Trinajstić information content (AvgIpc) is 2.40. The minimum atomic E-state index is -0.409. The molecule has 0 heterocycles. The number of hydrogen-bond acceptors (Lipinski definition) is 4. The number of nitrogens with one attached hydrogen (secondary N) is 1. The molecular formula is C15H28N2O2. The van der Waals surface area contributed by atoms with E-state index in [2.05, 4.69) is 16.1 Å². The van der Waals surface area contributed by atoms with Gasteiger partial charge in [0.05, 0.1) is 13.2 Å². The standard InChI is InChI=1S/C15H28N2O2/c1-15(2,13-16)17-12-10-8-6-4-5-7-9-11-14(18)19-3/h17H,4-12H2,1-3H3. The summed E-state index contributed by atoms with van der Waals surface area (Å²) in [6, 6.07) is 2.23. The van der Waals surface area contributed by atoms with E-state index in [0.717, 1.165) is 25.8 Å². The van der Waals surface area contributed by atoms with Gasteiger partial charge in [-0.15, -0.1) is 0 Å². The number of nitrogens with zero attached hydrogens (tertiary/aromatic N) is 1. The van der Waals surface area contributed by atoms with Gasteiger partial charge in [-0.25, -0.2) is 0 Å². The predicted molar refractivity (Wildman–Crippen MR) is 76.6 cm³/mol. The van der Waals surface area contributed by atoms with Gasteiger partial charge in [-0.1, -0.05) is 32.1 Å². The Hall–Kier alpha value is -1.08. The second kappa shape index (κ2) is 10.8. The first-order valence-electron chi connectivity index (χ1n) is 7.25. The van der Waals surface area contributed by atoms with Crippen molar-refractivity contribution in [3.05, 3.63) is 0 Å². The third kappa shape index (κ3) is 11.7. The highest BCUT2D eigenvalue weighted by Crippen LogP contribution is 2.09. The summed E-state index contributed by atoms with van der Waals surface area (Å²) in [7, 11) is 1.43. The molecule has 110 valence electrons. The van der Waals surface area contributed by atoms with Crippen molar-refractivity contribution < 1.29 is 9.53 Å². The summed E-state index contributed by atoms with van der Waals surface area (Å²) in [6.45, 7) is 4.70. The maximum absolute atomic E-state index is 10.9. The van der Waals surface area contributed by atoms with Gasteiger partial charge in [-0.3, -0.25) is 10.1 Å². The Morgan fingerprint density at radius 3 is 2.16 bits per heavy atom. The number of nitriles is 1. The Kier molecular flexibility index (Phi) is 10.2. The van der Waals surface area contributed by atoms with Crippen LogP contribution in [0.25, 0.3) is 0 Å². The molecule has 0 fully saturated rings. The van der Waals surface area contributed by atoms with Crippen molar-refractivity contribution in [1.29, 1.82) is 5.26 Å². The third-order valence-electron chi connectivity index (χ3n) is 3.13. The monoisotopic (exact) mass is 268 g/mol. The van der Waals surface area contributed by atoms with Gasteiger partial charge in [-0.05, 0) is 33.2 Å². The van der Waals surface area contributed by atoms with Crippen LogP contribution in [0.3, 0.4) is 0 Å². The van der Waals surface area contributed by atoms with E-state index in [1.807, 2.05) is 13.8 Å². The summed E-state index contributed by atoms with van der Waals surface area (Å²) in [5.74, 6) is -0.105. The number of hydrogen-bond donors (Lipinski definition) is 1. The fourth-order valence-corrected chi connectivity index (χ4v) is 1.82. The Balaban J connectivity index is 3.20. The van der Waals surface area contributed by atoms with Crippen LogP contribution in [0.4, 0.5) is 0 Å². The number of carbonyl (C=O) groups is 1. The van der Waals surface area contributed by atoms with E-state index in [0.29, 0.717) is 6.42 Å². The molecule has 0 aliphatic heterocycles.